The molecule has 1 aliphatic rings. The maximum Gasteiger partial charge on any atom is 0.321 e. The molecule has 3 amide bonds. The van der Waals surface area contributed by atoms with Crippen LogP contribution in [0.15, 0.2) is 48.5 Å². The van der Waals surface area contributed by atoms with E-state index in [4.69, 9.17) is 23.2 Å². The zero-order valence-corrected chi connectivity index (χ0v) is 17.7. The Kier molecular flexibility index (Phi) is 7.78. The first-order chi connectivity index (χ1) is 14.0. The van der Waals surface area contributed by atoms with Gasteiger partial charge in [-0.05, 0) is 67.1 Å². The summed E-state index contributed by atoms with van der Waals surface area (Å²) in [5.74, 6) is 0.365. The molecular formula is C22H25Cl2N3O2. The number of amides is 3. The third kappa shape index (κ3) is 6.94. The number of carbonyl (C=O) groups is 2. The van der Waals surface area contributed by atoms with Gasteiger partial charge in [0, 0.05) is 41.8 Å². The fourth-order valence-corrected chi connectivity index (χ4v) is 3.70. The molecule has 2 aromatic carbocycles. The van der Waals surface area contributed by atoms with Crippen LogP contribution in [-0.4, -0.2) is 29.9 Å². The average molecular weight is 434 g/mol. The highest BCUT2D eigenvalue weighted by molar-refractivity contribution is 6.30. The molecule has 1 fully saturated rings. The van der Waals surface area contributed by atoms with Crippen molar-refractivity contribution in [2.75, 3.05) is 18.4 Å². The number of rotatable bonds is 6. The summed E-state index contributed by atoms with van der Waals surface area (Å²) in [6.07, 6.45) is 3.22. The van der Waals surface area contributed by atoms with E-state index in [1.807, 2.05) is 29.2 Å². The summed E-state index contributed by atoms with van der Waals surface area (Å²) in [6, 6.07) is 14.4. The van der Waals surface area contributed by atoms with Crippen molar-refractivity contribution in [3.8, 4) is 0 Å². The van der Waals surface area contributed by atoms with Gasteiger partial charge >= 0.3 is 6.03 Å². The van der Waals surface area contributed by atoms with Crippen LogP contribution in [0.5, 0.6) is 0 Å². The van der Waals surface area contributed by atoms with Gasteiger partial charge in [-0.1, -0.05) is 35.3 Å². The first-order valence-electron chi connectivity index (χ1n) is 9.82. The fraction of sp³-hybridized carbons (Fsp3) is 0.364. The van der Waals surface area contributed by atoms with Crippen molar-refractivity contribution in [2.24, 2.45) is 5.92 Å². The number of carbonyl (C=O) groups excluding carboxylic acids is 2. The summed E-state index contributed by atoms with van der Waals surface area (Å²) in [6.45, 7) is 1.90. The number of benzene rings is 2. The number of anilines is 1. The normalized spacial score (nSPS) is 16.3. The zero-order chi connectivity index (χ0) is 20.6. The van der Waals surface area contributed by atoms with E-state index in [-0.39, 0.29) is 11.9 Å². The van der Waals surface area contributed by atoms with E-state index < -0.39 is 0 Å². The summed E-state index contributed by atoms with van der Waals surface area (Å²) in [7, 11) is 0. The highest BCUT2D eigenvalue weighted by Crippen LogP contribution is 2.22. The lowest BCUT2D eigenvalue weighted by molar-refractivity contribution is -0.121. The topological polar surface area (TPSA) is 61.4 Å². The third-order valence-corrected chi connectivity index (χ3v) is 5.59. The van der Waals surface area contributed by atoms with Gasteiger partial charge in [0.25, 0.3) is 0 Å². The van der Waals surface area contributed by atoms with Gasteiger partial charge in [0.2, 0.25) is 5.91 Å². The van der Waals surface area contributed by atoms with Crippen molar-refractivity contribution in [3.63, 3.8) is 0 Å². The summed E-state index contributed by atoms with van der Waals surface area (Å²) >= 11 is 11.7. The van der Waals surface area contributed by atoms with Crippen molar-refractivity contribution in [3.05, 3.63) is 64.1 Å². The molecule has 3 rings (SSSR count). The average Bonchev–Trinajstić information content (AvgIpc) is 2.73. The molecule has 0 spiro atoms. The highest BCUT2D eigenvalue weighted by Gasteiger charge is 2.24. The van der Waals surface area contributed by atoms with Crippen molar-refractivity contribution >= 4 is 40.8 Å². The minimum absolute atomic E-state index is 0.0303. The first kappa shape index (κ1) is 21.5. The molecule has 1 aliphatic heterocycles. The monoisotopic (exact) mass is 433 g/mol. The van der Waals surface area contributed by atoms with Crippen molar-refractivity contribution in [1.82, 2.24) is 10.2 Å². The number of nitrogens with zero attached hydrogens (tertiary/aromatic N) is 1. The SMILES string of the molecule is O=C(CCC1CCCN(C(=O)Nc2ccc(Cl)cc2)C1)NCc1ccc(Cl)cc1. The van der Waals surface area contributed by atoms with E-state index >= 15 is 0 Å². The Morgan fingerprint density at radius 3 is 2.34 bits per heavy atom. The fourth-order valence-electron chi connectivity index (χ4n) is 3.45. The van der Waals surface area contributed by atoms with Crippen molar-refractivity contribution in [2.45, 2.75) is 32.2 Å². The maximum atomic E-state index is 12.5. The predicted molar refractivity (Wildman–Crippen MR) is 117 cm³/mol. The van der Waals surface area contributed by atoms with Gasteiger partial charge in [-0.2, -0.15) is 0 Å². The molecule has 0 aromatic heterocycles. The minimum Gasteiger partial charge on any atom is -0.352 e. The second-order valence-corrected chi connectivity index (χ2v) is 8.21. The van der Waals surface area contributed by atoms with Crippen LogP contribution in [0.2, 0.25) is 10.0 Å². The molecule has 5 nitrogen and oxygen atoms in total. The second-order valence-electron chi connectivity index (χ2n) is 7.33. The van der Waals surface area contributed by atoms with E-state index in [1.54, 1.807) is 24.3 Å². The van der Waals surface area contributed by atoms with E-state index in [0.29, 0.717) is 35.5 Å². The lowest BCUT2D eigenvalue weighted by atomic mass is 9.93. The number of urea groups is 1. The van der Waals surface area contributed by atoms with E-state index in [2.05, 4.69) is 10.6 Å². The van der Waals surface area contributed by atoms with E-state index in [0.717, 1.165) is 37.1 Å². The Hall–Kier alpha value is -2.24. The number of piperidine rings is 1. The molecule has 0 aliphatic carbocycles. The number of halogens is 2. The van der Waals surface area contributed by atoms with Crippen LogP contribution in [0.3, 0.4) is 0 Å². The van der Waals surface area contributed by atoms with Crippen LogP contribution >= 0.6 is 23.2 Å². The molecule has 0 radical (unpaired) electrons. The first-order valence-corrected chi connectivity index (χ1v) is 10.6. The standard InChI is InChI=1S/C22H25Cl2N3O2/c23-18-6-3-16(4-7-18)14-25-21(28)12-5-17-2-1-13-27(15-17)22(29)26-20-10-8-19(24)9-11-20/h3-4,6-11,17H,1-2,5,12-15H2,(H,25,28)(H,26,29). The largest absolute Gasteiger partial charge is 0.352 e. The zero-order valence-electron chi connectivity index (χ0n) is 16.2. The van der Waals surface area contributed by atoms with Crippen LogP contribution in [0.1, 0.15) is 31.2 Å². The third-order valence-electron chi connectivity index (χ3n) is 5.08. The van der Waals surface area contributed by atoms with Gasteiger partial charge in [-0.3, -0.25) is 4.79 Å². The lowest BCUT2D eigenvalue weighted by Gasteiger charge is -2.32. The molecule has 0 saturated carbocycles. The van der Waals surface area contributed by atoms with Gasteiger partial charge in [-0.15, -0.1) is 0 Å². The molecule has 1 saturated heterocycles. The van der Waals surface area contributed by atoms with Gasteiger partial charge in [-0.25, -0.2) is 4.79 Å². The van der Waals surface area contributed by atoms with Gasteiger partial charge in [0.1, 0.15) is 0 Å². The molecule has 0 bridgehead atoms. The van der Waals surface area contributed by atoms with Crippen LogP contribution in [0, 0.1) is 5.92 Å². The predicted octanol–water partition coefficient (Wildman–Crippen LogP) is 5.33. The number of nitrogens with one attached hydrogen (secondary N) is 2. The number of hydrogen-bond acceptors (Lipinski definition) is 2. The van der Waals surface area contributed by atoms with Crippen molar-refractivity contribution in [1.29, 1.82) is 0 Å². The Bertz CT molecular complexity index is 825. The Morgan fingerprint density at radius 2 is 1.66 bits per heavy atom. The van der Waals surface area contributed by atoms with E-state index in [9.17, 15) is 9.59 Å². The smallest absolute Gasteiger partial charge is 0.321 e. The minimum atomic E-state index is -0.107. The Labute approximate surface area is 181 Å². The maximum absolute atomic E-state index is 12.5. The van der Waals surface area contributed by atoms with Crippen molar-refractivity contribution < 1.29 is 9.59 Å². The lowest BCUT2D eigenvalue weighted by Crippen LogP contribution is -2.42. The second kappa shape index (κ2) is 10.5. The Morgan fingerprint density at radius 1 is 1.00 bits per heavy atom. The van der Waals surface area contributed by atoms with Gasteiger partial charge in [0.05, 0.1) is 0 Å². The summed E-state index contributed by atoms with van der Waals surface area (Å²) in [4.78, 5) is 26.5. The number of likely N-dealkylation sites (tertiary alicyclic amines) is 1. The highest BCUT2D eigenvalue weighted by atomic mass is 35.5. The van der Waals surface area contributed by atoms with Crippen LogP contribution in [0.25, 0.3) is 0 Å². The summed E-state index contributed by atoms with van der Waals surface area (Å²) < 4.78 is 0. The van der Waals surface area contributed by atoms with Gasteiger partial charge < -0.3 is 15.5 Å². The molecule has 2 N–H and O–H groups in total. The molecule has 2 aromatic rings. The van der Waals surface area contributed by atoms with Crippen LogP contribution in [0.4, 0.5) is 10.5 Å². The summed E-state index contributed by atoms with van der Waals surface area (Å²) in [5.41, 5.74) is 1.74. The molecule has 1 unspecified atom stereocenters. The molecular weight excluding hydrogens is 409 g/mol. The Balaban J connectivity index is 1.40. The molecule has 29 heavy (non-hydrogen) atoms. The van der Waals surface area contributed by atoms with Crippen LogP contribution < -0.4 is 10.6 Å². The molecule has 1 atom stereocenters. The summed E-state index contributed by atoms with van der Waals surface area (Å²) in [5, 5.41) is 7.17. The molecule has 7 heteroatoms. The number of hydrogen-bond donors (Lipinski definition) is 2. The van der Waals surface area contributed by atoms with Crippen LogP contribution in [-0.2, 0) is 11.3 Å². The molecule has 1 heterocycles. The quantitative estimate of drug-likeness (QED) is 0.645. The molecule has 154 valence electrons. The van der Waals surface area contributed by atoms with Gasteiger partial charge in [0.15, 0.2) is 0 Å². The van der Waals surface area contributed by atoms with E-state index in [1.165, 1.54) is 0 Å².